The zero-order valence-corrected chi connectivity index (χ0v) is 13.2. The van der Waals surface area contributed by atoms with Crippen LogP contribution in [-0.4, -0.2) is 55.3 Å². The van der Waals surface area contributed by atoms with E-state index in [1.54, 1.807) is 13.8 Å². The SMILES string of the molecule is COC(=O)NC1CCN(S(=O)(=O)c2c(C)n[nH]c2C)CC1. The maximum Gasteiger partial charge on any atom is 0.407 e. The molecule has 0 radical (unpaired) electrons. The standard InChI is InChI=1S/C12H20N4O4S/c1-8-11(9(2)15-14-8)21(18,19)16-6-4-10(5-7-16)13-12(17)20-3/h10H,4-7H2,1-3H3,(H,13,17)(H,14,15). The molecule has 0 unspecified atom stereocenters. The van der Waals surface area contributed by atoms with Crippen molar-refractivity contribution in [2.24, 2.45) is 0 Å². The van der Waals surface area contributed by atoms with E-state index in [9.17, 15) is 13.2 Å². The molecule has 1 aromatic heterocycles. The second-order valence-electron chi connectivity index (χ2n) is 5.08. The van der Waals surface area contributed by atoms with Gasteiger partial charge >= 0.3 is 6.09 Å². The number of hydrogen-bond donors (Lipinski definition) is 2. The lowest BCUT2D eigenvalue weighted by Crippen LogP contribution is -2.46. The fraction of sp³-hybridized carbons (Fsp3) is 0.667. The fourth-order valence-corrected chi connectivity index (χ4v) is 4.32. The van der Waals surface area contributed by atoms with E-state index >= 15 is 0 Å². The Balaban J connectivity index is 2.07. The van der Waals surface area contributed by atoms with E-state index in [1.807, 2.05) is 0 Å². The maximum absolute atomic E-state index is 12.6. The Kier molecular flexibility index (Phi) is 4.52. The minimum absolute atomic E-state index is 0.0598. The van der Waals surface area contributed by atoms with Gasteiger partial charge in [-0.1, -0.05) is 0 Å². The zero-order valence-electron chi connectivity index (χ0n) is 12.3. The van der Waals surface area contributed by atoms with Crippen molar-refractivity contribution in [3.8, 4) is 0 Å². The number of alkyl carbamates (subject to hydrolysis) is 1. The molecule has 21 heavy (non-hydrogen) atoms. The number of aromatic amines is 1. The van der Waals surface area contributed by atoms with E-state index in [2.05, 4.69) is 20.3 Å². The second-order valence-corrected chi connectivity index (χ2v) is 6.95. The predicted molar refractivity (Wildman–Crippen MR) is 75.4 cm³/mol. The van der Waals surface area contributed by atoms with Crippen LogP contribution in [-0.2, 0) is 14.8 Å². The average molecular weight is 316 g/mol. The van der Waals surface area contributed by atoms with Gasteiger partial charge in [0, 0.05) is 19.1 Å². The van der Waals surface area contributed by atoms with E-state index in [-0.39, 0.29) is 10.9 Å². The third-order valence-corrected chi connectivity index (χ3v) is 5.78. The number of piperidine rings is 1. The number of amides is 1. The number of carbonyl (C=O) groups excluding carboxylic acids is 1. The molecule has 1 saturated heterocycles. The van der Waals surface area contributed by atoms with Crippen LogP contribution in [0.4, 0.5) is 4.79 Å². The van der Waals surface area contributed by atoms with Crippen molar-refractivity contribution in [1.29, 1.82) is 0 Å². The first-order chi connectivity index (χ1) is 9.86. The molecular formula is C12H20N4O4S. The molecule has 0 atom stereocenters. The monoisotopic (exact) mass is 316 g/mol. The molecule has 1 aliphatic rings. The molecule has 0 saturated carbocycles. The van der Waals surface area contributed by atoms with Crippen molar-refractivity contribution in [3.05, 3.63) is 11.4 Å². The molecule has 1 aliphatic heterocycles. The molecule has 2 rings (SSSR count). The molecule has 1 fully saturated rings. The van der Waals surface area contributed by atoms with E-state index in [1.165, 1.54) is 11.4 Å². The highest BCUT2D eigenvalue weighted by atomic mass is 32.2. The quantitative estimate of drug-likeness (QED) is 0.846. The molecule has 0 bridgehead atoms. The number of rotatable bonds is 3. The Morgan fingerprint density at radius 3 is 2.48 bits per heavy atom. The second kappa shape index (κ2) is 6.02. The summed E-state index contributed by atoms with van der Waals surface area (Å²) in [6.45, 7) is 4.09. The van der Waals surface area contributed by atoms with Gasteiger partial charge in [0.25, 0.3) is 0 Å². The van der Waals surface area contributed by atoms with Gasteiger partial charge in [-0.3, -0.25) is 5.10 Å². The molecule has 1 amide bonds. The summed E-state index contributed by atoms with van der Waals surface area (Å²) in [6.07, 6.45) is 0.631. The fourth-order valence-electron chi connectivity index (χ4n) is 2.52. The minimum Gasteiger partial charge on any atom is -0.453 e. The molecule has 8 nitrogen and oxygen atoms in total. The van der Waals surface area contributed by atoms with Crippen molar-refractivity contribution >= 4 is 16.1 Å². The molecule has 118 valence electrons. The van der Waals surface area contributed by atoms with Gasteiger partial charge in [0.15, 0.2) is 0 Å². The molecule has 9 heteroatoms. The minimum atomic E-state index is -3.54. The topological polar surface area (TPSA) is 104 Å². The first kappa shape index (κ1) is 15.8. The van der Waals surface area contributed by atoms with Gasteiger partial charge in [0.1, 0.15) is 4.90 Å². The Morgan fingerprint density at radius 2 is 2.00 bits per heavy atom. The molecule has 0 spiro atoms. The Labute approximate surface area is 123 Å². The summed E-state index contributed by atoms with van der Waals surface area (Å²) in [5.41, 5.74) is 1.02. The molecule has 2 N–H and O–H groups in total. The summed E-state index contributed by atoms with van der Waals surface area (Å²) in [5.74, 6) is 0. The van der Waals surface area contributed by atoms with Gasteiger partial charge in [-0.25, -0.2) is 13.2 Å². The summed E-state index contributed by atoms with van der Waals surface area (Å²) in [5, 5.41) is 9.33. The Hall–Kier alpha value is -1.61. The van der Waals surface area contributed by atoms with Crippen molar-refractivity contribution < 1.29 is 17.9 Å². The van der Waals surface area contributed by atoms with Crippen molar-refractivity contribution in [1.82, 2.24) is 19.8 Å². The number of ether oxygens (including phenoxy) is 1. The van der Waals surface area contributed by atoms with Gasteiger partial charge in [0.05, 0.1) is 18.5 Å². The lowest BCUT2D eigenvalue weighted by atomic mass is 10.1. The first-order valence-electron chi connectivity index (χ1n) is 6.72. The van der Waals surface area contributed by atoms with Crippen LogP contribution in [0.3, 0.4) is 0 Å². The third-order valence-electron chi connectivity index (χ3n) is 3.62. The van der Waals surface area contributed by atoms with Crippen molar-refractivity contribution in [3.63, 3.8) is 0 Å². The highest BCUT2D eigenvalue weighted by Gasteiger charge is 2.33. The number of nitrogens with one attached hydrogen (secondary N) is 2. The van der Waals surface area contributed by atoms with Gasteiger partial charge in [-0.2, -0.15) is 9.40 Å². The normalized spacial score (nSPS) is 17.7. The van der Waals surface area contributed by atoms with Crippen LogP contribution in [0.5, 0.6) is 0 Å². The molecule has 1 aromatic rings. The van der Waals surface area contributed by atoms with Crippen LogP contribution in [0, 0.1) is 13.8 Å². The van der Waals surface area contributed by atoms with Crippen LogP contribution in [0.15, 0.2) is 4.90 Å². The average Bonchev–Trinajstić information content (AvgIpc) is 2.79. The predicted octanol–water partition coefficient (Wildman–Crippen LogP) is 0.536. The summed E-state index contributed by atoms with van der Waals surface area (Å²) < 4.78 is 31.2. The number of sulfonamides is 1. The molecular weight excluding hydrogens is 296 g/mol. The van der Waals surface area contributed by atoms with Gasteiger partial charge in [-0.15, -0.1) is 0 Å². The van der Waals surface area contributed by atoms with Crippen LogP contribution in [0.2, 0.25) is 0 Å². The highest BCUT2D eigenvalue weighted by Crippen LogP contribution is 2.24. The number of aryl methyl sites for hydroxylation is 2. The van der Waals surface area contributed by atoms with Crippen molar-refractivity contribution in [2.45, 2.75) is 37.6 Å². The lowest BCUT2D eigenvalue weighted by Gasteiger charge is -2.31. The number of hydrogen-bond acceptors (Lipinski definition) is 5. The number of nitrogens with zero attached hydrogens (tertiary/aromatic N) is 2. The first-order valence-corrected chi connectivity index (χ1v) is 8.16. The summed E-state index contributed by atoms with van der Waals surface area (Å²) in [7, 11) is -2.24. The molecule has 0 aromatic carbocycles. The van der Waals surface area contributed by atoms with Gasteiger partial charge in [-0.05, 0) is 26.7 Å². The number of aromatic nitrogens is 2. The maximum atomic E-state index is 12.6. The van der Waals surface area contributed by atoms with E-state index < -0.39 is 16.1 Å². The van der Waals surface area contributed by atoms with Crippen LogP contribution >= 0.6 is 0 Å². The number of carbonyl (C=O) groups is 1. The summed E-state index contributed by atoms with van der Waals surface area (Å²) in [4.78, 5) is 11.4. The van der Waals surface area contributed by atoms with Crippen molar-refractivity contribution in [2.75, 3.05) is 20.2 Å². The van der Waals surface area contributed by atoms with E-state index in [0.29, 0.717) is 37.3 Å². The zero-order chi connectivity index (χ0) is 15.6. The third kappa shape index (κ3) is 3.18. The highest BCUT2D eigenvalue weighted by molar-refractivity contribution is 7.89. The van der Waals surface area contributed by atoms with Gasteiger partial charge in [0.2, 0.25) is 10.0 Å². The summed E-state index contributed by atoms with van der Waals surface area (Å²) >= 11 is 0. The number of methoxy groups -OCH3 is 1. The molecule has 0 aliphatic carbocycles. The van der Waals surface area contributed by atoms with Crippen LogP contribution < -0.4 is 5.32 Å². The largest absolute Gasteiger partial charge is 0.453 e. The smallest absolute Gasteiger partial charge is 0.407 e. The Morgan fingerprint density at radius 1 is 1.38 bits per heavy atom. The van der Waals surface area contributed by atoms with Crippen LogP contribution in [0.1, 0.15) is 24.2 Å². The Bertz CT molecular complexity index is 598. The number of H-pyrrole nitrogens is 1. The lowest BCUT2D eigenvalue weighted by molar-refractivity contribution is 0.161. The van der Waals surface area contributed by atoms with Crippen LogP contribution in [0.25, 0.3) is 0 Å². The van der Waals surface area contributed by atoms with Gasteiger partial charge < -0.3 is 10.1 Å². The van der Waals surface area contributed by atoms with E-state index in [4.69, 9.17) is 0 Å². The summed E-state index contributed by atoms with van der Waals surface area (Å²) in [6, 6.07) is -0.0598. The molecule has 2 heterocycles. The van der Waals surface area contributed by atoms with E-state index in [0.717, 1.165) is 0 Å².